The average molecular weight is 94.9 g/mol. The number of rotatable bonds is 0. The average Bonchev–Trinajstić information content (AvgIpc) is 1.69. The normalized spacial score (nSPS) is 8.71. The van der Waals surface area contributed by atoms with Crippen LogP contribution in [0.3, 0.4) is 0 Å². The third-order valence-corrected chi connectivity index (χ3v) is 0.812. The Labute approximate surface area is 42.1 Å². The summed E-state index contributed by atoms with van der Waals surface area (Å²) in [7, 11) is 0. The van der Waals surface area contributed by atoms with Gasteiger partial charge in [0.05, 0.1) is 6.62 Å². The van der Waals surface area contributed by atoms with E-state index in [4.69, 9.17) is 0 Å². The van der Waals surface area contributed by atoms with Gasteiger partial charge in [-0.25, -0.2) is 11.9 Å². The van der Waals surface area contributed by atoms with Gasteiger partial charge in [-0.15, -0.1) is 12.1 Å². The highest BCUT2D eigenvalue weighted by atomic mass is 19.1. The molecule has 0 atom stereocenters. The fourth-order valence-electron chi connectivity index (χ4n) is 0.469. The molecule has 0 bridgehead atoms. The standard InChI is InChI=1S/C5H5BF/c7-6-4-2-1-3-5-6/h1-5H/q-1. The first kappa shape index (κ1) is 4.50. The van der Waals surface area contributed by atoms with E-state index >= 15 is 0 Å². The van der Waals surface area contributed by atoms with Crippen molar-refractivity contribution in [3.05, 3.63) is 30.1 Å². The lowest BCUT2D eigenvalue weighted by atomic mass is 9.90. The van der Waals surface area contributed by atoms with E-state index in [1.807, 2.05) is 0 Å². The van der Waals surface area contributed by atoms with Crippen molar-refractivity contribution >= 4 is 6.62 Å². The summed E-state index contributed by atoms with van der Waals surface area (Å²) in [5, 5.41) is 0. The number of hydrogen-bond donors (Lipinski definition) is 0. The van der Waals surface area contributed by atoms with Crippen molar-refractivity contribution in [1.29, 1.82) is 0 Å². The van der Waals surface area contributed by atoms with Crippen LogP contribution in [0, 0.1) is 0 Å². The summed E-state index contributed by atoms with van der Waals surface area (Å²) >= 11 is 0. The lowest BCUT2D eigenvalue weighted by Crippen LogP contribution is -1.78. The van der Waals surface area contributed by atoms with Crippen molar-refractivity contribution in [2.75, 3.05) is 0 Å². The molecule has 36 valence electrons. The summed E-state index contributed by atoms with van der Waals surface area (Å²) in [4.78, 5) is 0. The lowest BCUT2D eigenvalue weighted by molar-refractivity contribution is 0.873. The maximum Gasteiger partial charge on any atom is 0.0572 e. The van der Waals surface area contributed by atoms with Crippen LogP contribution in [0.2, 0.25) is 0 Å². The highest BCUT2D eigenvalue weighted by Gasteiger charge is 1.65. The SMILES string of the molecule is F[b-]1ccccc1. The van der Waals surface area contributed by atoms with E-state index in [1.54, 1.807) is 18.2 Å². The molecule has 7 heavy (non-hydrogen) atoms. The van der Waals surface area contributed by atoms with Gasteiger partial charge < -0.3 is 4.32 Å². The predicted molar refractivity (Wildman–Crippen MR) is 28.9 cm³/mol. The largest absolute Gasteiger partial charge is 0.532 e. The van der Waals surface area contributed by atoms with Gasteiger partial charge in [0.15, 0.2) is 0 Å². The molecule has 0 aliphatic heterocycles. The molecule has 0 unspecified atom stereocenters. The summed E-state index contributed by atoms with van der Waals surface area (Å²) < 4.78 is 12.0. The Bertz CT molecular complexity index is 138. The molecule has 0 radical (unpaired) electrons. The van der Waals surface area contributed by atoms with Crippen LogP contribution in [0.5, 0.6) is 0 Å². The molecule has 1 heterocycles. The smallest absolute Gasteiger partial charge is 0.0572 e. The molecule has 0 N–H and O–H groups in total. The van der Waals surface area contributed by atoms with Crippen molar-refractivity contribution in [1.82, 2.24) is 0 Å². The highest BCUT2D eigenvalue weighted by Crippen LogP contribution is 1.83. The van der Waals surface area contributed by atoms with Crippen molar-refractivity contribution in [3.8, 4) is 0 Å². The van der Waals surface area contributed by atoms with Gasteiger partial charge in [-0.3, -0.25) is 0 Å². The lowest BCUT2D eigenvalue weighted by Gasteiger charge is -1.91. The van der Waals surface area contributed by atoms with Crippen molar-refractivity contribution < 1.29 is 4.32 Å². The van der Waals surface area contributed by atoms with Crippen LogP contribution >= 0.6 is 0 Å². The third kappa shape index (κ3) is 1.11. The zero-order valence-electron chi connectivity index (χ0n) is 3.84. The summed E-state index contributed by atoms with van der Waals surface area (Å²) in [5.74, 6) is 3.00. The van der Waals surface area contributed by atoms with Gasteiger partial charge in [0.25, 0.3) is 0 Å². The maximum atomic E-state index is 12.0. The Morgan fingerprint density at radius 2 is 1.57 bits per heavy atom. The molecule has 2 heteroatoms. The molecular formula is C5H5BF-. The Balaban J connectivity index is 3.02. The van der Waals surface area contributed by atoms with Gasteiger partial charge in [0.2, 0.25) is 0 Å². The fraction of sp³-hybridized carbons (Fsp3) is 0. The minimum absolute atomic E-state index is 0.856. The number of halogens is 1. The molecule has 1 aromatic rings. The molecule has 0 aliphatic carbocycles. The van der Waals surface area contributed by atoms with Gasteiger partial charge in [-0.1, -0.05) is 6.07 Å². The Morgan fingerprint density at radius 1 is 1.00 bits per heavy atom. The molecule has 0 aliphatic rings. The second kappa shape index (κ2) is 1.87. The Kier molecular flexibility index (Phi) is 1.20. The van der Waals surface area contributed by atoms with Gasteiger partial charge in [0.1, 0.15) is 0 Å². The van der Waals surface area contributed by atoms with E-state index in [9.17, 15) is 4.32 Å². The third-order valence-electron chi connectivity index (χ3n) is 0.812. The molecule has 1 aromatic heterocycles. The van der Waals surface area contributed by atoms with Crippen LogP contribution in [0.1, 0.15) is 0 Å². The van der Waals surface area contributed by atoms with Crippen LogP contribution in [0.25, 0.3) is 0 Å². The first-order valence-corrected chi connectivity index (χ1v) is 2.22. The minimum Gasteiger partial charge on any atom is -0.532 e. The van der Waals surface area contributed by atoms with Crippen LogP contribution in [0.15, 0.2) is 30.1 Å². The van der Waals surface area contributed by atoms with Crippen molar-refractivity contribution in [2.24, 2.45) is 0 Å². The van der Waals surface area contributed by atoms with Crippen LogP contribution in [0.4, 0.5) is 4.32 Å². The predicted octanol–water partition coefficient (Wildman–Crippen LogP) is 1.44. The molecular weight excluding hydrogens is 89.9 g/mol. The van der Waals surface area contributed by atoms with E-state index in [1.165, 1.54) is 11.9 Å². The summed E-state index contributed by atoms with van der Waals surface area (Å²) in [6.45, 7) is -0.856. The minimum atomic E-state index is -0.856. The van der Waals surface area contributed by atoms with E-state index in [-0.39, 0.29) is 0 Å². The summed E-state index contributed by atoms with van der Waals surface area (Å²) in [5.41, 5.74) is 0. The molecule has 0 amide bonds. The van der Waals surface area contributed by atoms with Crippen LogP contribution < -0.4 is 0 Å². The second-order valence-electron chi connectivity index (χ2n) is 1.41. The van der Waals surface area contributed by atoms with Gasteiger partial charge in [-0.05, 0) is 0 Å². The van der Waals surface area contributed by atoms with E-state index in [2.05, 4.69) is 0 Å². The molecule has 0 saturated heterocycles. The van der Waals surface area contributed by atoms with E-state index in [0.717, 1.165) is 0 Å². The molecule has 0 saturated carbocycles. The first-order chi connectivity index (χ1) is 3.39. The molecule has 0 aromatic carbocycles. The maximum absolute atomic E-state index is 12.0. The Hall–Kier alpha value is -0.655. The Morgan fingerprint density at radius 3 is 1.86 bits per heavy atom. The zero-order valence-corrected chi connectivity index (χ0v) is 3.84. The quantitative estimate of drug-likeness (QED) is 0.457. The topological polar surface area (TPSA) is 0 Å². The van der Waals surface area contributed by atoms with Crippen molar-refractivity contribution in [3.63, 3.8) is 0 Å². The van der Waals surface area contributed by atoms with Crippen molar-refractivity contribution in [2.45, 2.75) is 0 Å². The summed E-state index contributed by atoms with van der Waals surface area (Å²) in [6.07, 6.45) is 0. The van der Waals surface area contributed by atoms with Crippen LogP contribution in [-0.2, 0) is 0 Å². The monoisotopic (exact) mass is 95.0 g/mol. The fourth-order valence-corrected chi connectivity index (χ4v) is 0.469. The molecule has 0 fully saturated rings. The van der Waals surface area contributed by atoms with E-state index < -0.39 is 6.62 Å². The first-order valence-electron chi connectivity index (χ1n) is 2.22. The van der Waals surface area contributed by atoms with Gasteiger partial charge in [-0.2, -0.15) is 0 Å². The number of hydrogen-bond acceptors (Lipinski definition) is 0. The molecule has 1 rings (SSSR count). The van der Waals surface area contributed by atoms with Crippen LogP contribution in [-0.4, -0.2) is 6.62 Å². The molecule has 0 spiro atoms. The van der Waals surface area contributed by atoms with E-state index in [0.29, 0.717) is 0 Å². The van der Waals surface area contributed by atoms with Gasteiger partial charge in [0, 0.05) is 0 Å². The zero-order chi connectivity index (χ0) is 5.11. The second-order valence-corrected chi connectivity index (χ2v) is 1.41. The molecule has 0 nitrogen and oxygen atoms in total. The van der Waals surface area contributed by atoms with Gasteiger partial charge >= 0.3 is 0 Å². The summed E-state index contributed by atoms with van der Waals surface area (Å²) in [6, 6.07) is 5.20. The highest BCUT2D eigenvalue weighted by molar-refractivity contribution is 6.42.